The maximum absolute atomic E-state index is 12.0. The van der Waals surface area contributed by atoms with Crippen molar-refractivity contribution in [1.82, 2.24) is 9.78 Å². The minimum absolute atomic E-state index is 0.0465. The number of Topliss-reactive ketones (excluding diaryl/α,β-unsaturated/α-hetero) is 1. The van der Waals surface area contributed by atoms with E-state index in [1.807, 2.05) is 0 Å². The smallest absolute Gasteiger partial charge is 0.171 e. The molecule has 5 nitrogen and oxygen atoms in total. The molecule has 1 aliphatic heterocycles. The van der Waals surface area contributed by atoms with Crippen LogP contribution in [0.3, 0.4) is 0 Å². The van der Waals surface area contributed by atoms with Gasteiger partial charge in [0.2, 0.25) is 0 Å². The van der Waals surface area contributed by atoms with Crippen molar-refractivity contribution >= 4 is 11.6 Å². The highest BCUT2D eigenvalue weighted by molar-refractivity contribution is 6.01. The molecule has 0 saturated carbocycles. The van der Waals surface area contributed by atoms with Gasteiger partial charge in [0.25, 0.3) is 0 Å². The van der Waals surface area contributed by atoms with E-state index in [9.17, 15) is 4.79 Å². The van der Waals surface area contributed by atoms with Gasteiger partial charge in [-0.25, -0.2) is 0 Å². The van der Waals surface area contributed by atoms with E-state index in [4.69, 9.17) is 10.5 Å². The first-order valence-corrected chi connectivity index (χ1v) is 5.09. The van der Waals surface area contributed by atoms with E-state index in [1.165, 1.54) is 4.68 Å². The Morgan fingerprint density at radius 1 is 1.60 bits per heavy atom. The number of aryl methyl sites for hydroxylation is 1. The van der Waals surface area contributed by atoms with Gasteiger partial charge in [-0.3, -0.25) is 9.48 Å². The summed E-state index contributed by atoms with van der Waals surface area (Å²) in [7, 11) is 1.73. The fourth-order valence-corrected chi connectivity index (χ4v) is 1.82. The van der Waals surface area contributed by atoms with Crippen LogP contribution in [0.15, 0.2) is 6.20 Å². The number of nitrogens with zero attached hydrogens (tertiary/aromatic N) is 2. The van der Waals surface area contributed by atoms with Gasteiger partial charge < -0.3 is 10.5 Å². The summed E-state index contributed by atoms with van der Waals surface area (Å²) in [5, 5.41) is 3.97. The van der Waals surface area contributed by atoms with E-state index in [1.54, 1.807) is 13.2 Å². The SMILES string of the molecule is Cn1ncc(C(=O)C2CCOCC2)c1N. The highest BCUT2D eigenvalue weighted by Gasteiger charge is 2.25. The van der Waals surface area contributed by atoms with Gasteiger partial charge in [0.05, 0.1) is 11.8 Å². The molecule has 2 heterocycles. The van der Waals surface area contributed by atoms with Gasteiger partial charge in [-0.15, -0.1) is 0 Å². The van der Waals surface area contributed by atoms with Gasteiger partial charge in [0, 0.05) is 26.2 Å². The predicted octanol–water partition coefficient (Wildman–Crippen LogP) is 0.612. The number of nitrogens with two attached hydrogens (primary N) is 1. The van der Waals surface area contributed by atoms with Crippen LogP contribution in [-0.4, -0.2) is 28.8 Å². The molecule has 0 bridgehead atoms. The number of carbonyl (C=O) groups is 1. The molecule has 1 fully saturated rings. The van der Waals surface area contributed by atoms with Crippen LogP contribution in [0.2, 0.25) is 0 Å². The summed E-state index contributed by atoms with van der Waals surface area (Å²) in [6, 6.07) is 0. The lowest BCUT2D eigenvalue weighted by atomic mass is 9.92. The third-order valence-corrected chi connectivity index (χ3v) is 2.84. The van der Waals surface area contributed by atoms with Crippen molar-refractivity contribution in [3.05, 3.63) is 11.8 Å². The van der Waals surface area contributed by atoms with Gasteiger partial charge in [0.15, 0.2) is 5.78 Å². The Kier molecular flexibility index (Phi) is 2.73. The summed E-state index contributed by atoms with van der Waals surface area (Å²) in [4.78, 5) is 12.0. The number of anilines is 1. The Hall–Kier alpha value is -1.36. The number of rotatable bonds is 2. The van der Waals surface area contributed by atoms with Crippen LogP contribution in [-0.2, 0) is 11.8 Å². The number of ketones is 1. The molecule has 1 aliphatic rings. The number of aromatic nitrogens is 2. The molecule has 1 saturated heterocycles. The van der Waals surface area contributed by atoms with Crippen LogP contribution in [0.4, 0.5) is 5.82 Å². The average Bonchev–Trinajstić information content (AvgIpc) is 2.60. The number of nitrogen functional groups attached to an aromatic ring is 1. The molecule has 1 aromatic rings. The molecule has 1 aromatic heterocycles. The van der Waals surface area contributed by atoms with Crippen molar-refractivity contribution in [2.75, 3.05) is 18.9 Å². The standard InChI is InChI=1S/C10H15N3O2/c1-13-10(11)8(6-12-13)9(14)7-2-4-15-5-3-7/h6-7H,2-5,11H2,1H3. The van der Waals surface area contributed by atoms with Crippen LogP contribution < -0.4 is 5.73 Å². The van der Waals surface area contributed by atoms with Gasteiger partial charge in [0.1, 0.15) is 5.82 Å². The molecule has 0 aromatic carbocycles. The van der Waals surface area contributed by atoms with E-state index in [0.717, 1.165) is 12.8 Å². The molecule has 82 valence electrons. The Balaban J connectivity index is 2.16. The van der Waals surface area contributed by atoms with Crippen LogP contribution in [0.25, 0.3) is 0 Å². The Morgan fingerprint density at radius 2 is 2.27 bits per heavy atom. The zero-order valence-corrected chi connectivity index (χ0v) is 8.77. The summed E-state index contributed by atoms with van der Waals surface area (Å²) in [5.41, 5.74) is 6.30. The molecular weight excluding hydrogens is 194 g/mol. The fourth-order valence-electron chi connectivity index (χ4n) is 1.82. The molecule has 15 heavy (non-hydrogen) atoms. The third-order valence-electron chi connectivity index (χ3n) is 2.84. The highest BCUT2D eigenvalue weighted by Crippen LogP contribution is 2.22. The van der Waals surface area contributed by atoms with Crippen molar-refractivity contribution in [2.24, 2.45) is 13.0 Å². The largest absolute Gasteiger partial charge is 0.383 e. The van der Waals surface area contributed by atoms with Crippen LogP contribution in [0.1, 0.15) is 23.2 Å². The number of hydrogen-bond acceptors (Lipinski definition) is 4. The lowest BCUT2D eigenvalue weighted by Gasteiger charge is -2.20. The zero-order chi connectivity index (χ0) is 10.8. The van der Waals surface area contributed by atoms with E-state index in [2.05, 4.69) is 5.10 Å². The van der Waals surface area contributed by atoms with Crippen LogP contribution in [0.5, 0.6) is 0 Å². The molecular formula is C10H15N3O2. The second-order valence-electron chi connectivity index (χ2n) is 3.82. The van der Waals surface area contributed by atoms with Crippen LogP contribution in [0, 0.1) is 5.92 Å². The van der Waals surface area contributed by atoms with Gasteiger partial charge >= 0.3 is 0 Å². The van der Waals surface area contributed by atoms with Gasteiger partial charge in [-0.05, 0) is 12.8 Å². The van der Waals surface area contributed by atoms with E-state index in [-0.39, 0.29) is 11.7 Å². The summed E-state index contributed by atoms with van der Waals surface area (Å²) in [6.45, 7) is 1.33. The average molecular weight is 209 g/mol. The molecule has 0 atom stereocenters. The van der Waals surface area contributed by atoms with E-state index < -0.39 is 0 Å². The first-order valence-electron chi connectivity index (χ1n) is 5.09. The van der Waals surface area contributed by atoms with E-state index in [0.29, 0.717) is 24.6 Å². The number of ether oxygens (including phenoxy) is 1. The highest BCUT2D eigenvalue weighted by atomic mass is 16.5. The Labute approximate surface area is 88.2 Å². The monoisotopic (exact) mass is 209 g/mol. The molecule has 5 heteroatoms. The lowest BCUT2D eigenvalue weighted by molar-refractivity contribution is 0.0545. The van der Waals surface area contributed by atoms with Crippen molar-refractivity contribution in [3.8, 4) is 0 Å². The topological polar surface area (TPSA) is 70.1 Å². The second kappa shape index (κ2) is 4.02. The second-order valence-corrected chi connectivity index (χ2v) is 3.82. The number of hydrogen-bond donors (Lipinski definition) is 1. The first-order chi connectivity index (χ1) is 7.20. The summed E-state index contributed by atoms with van der Waals surface area (Å²) >= 11 is 0. The normalized spacial score (nSPS) is 17.9. The molecule has 0 unspecified atom stereocenters. The van der Waals surface area contributed by atoms with Crippen LogP contribution >= 0.6 is 0 Å². The molecule has 2 rings (SSSR count). The summed E-state index contributed by atoms with van der Waals surface area (Å²) < 4.78 is 6.74. The minimum Gasteiger partial charge on any atom is -0.383 e. The van der Waals surface area contributed by atoms with Gasteiger partial charge in [-0.2, -0.15) is 5.10 Å². The maximum atomic E-state index is 12.0. The first kappa shape index (κ1) is 10.2. The van der Waals surface area contributed by atoms with Crippen molar-refractivity contribution in [2.45, 2.75) is 12.8 Å². The molecule has 0 amide bonds. The fraction of sp³-hybridized carbons (Fsp3) is 0.600. The zero-order valence-electron chi connectivity index (χ0n) is 8.77. The lowest BCUT2D eigenvalue weighted by Crippen LogP contribution is -2.24. The predicted molar refractivity (Wildman–Crippen MR) is 55.5 cm³/mol. The minimum atomic E-state index is 0.0465. The molecule has 0 spiro atoms. The number of carbonyl (C=O) groups excluding carboxylic acids is 1. The maximum Gasteiger partial charge on any atom is 0.171 e. The van der Waals surface area contributed by atoms with Gasteiger partial charge in [-0.1, -0.05) is 0 Å². The summed E-state index contributed by atoms with van der Waals surface area (Å²) in [5.74, 6) is 0.598. The quantitative estimate of drug-likeness (QED) is 0.724. The van der Waals surface area contributed by atoms with Crippen molar-refractivity contribution in [3.63, 3.8) is 0 Å². The third kappa shape index (κ3) is 1.87. The molecule has 0 aliphatic carbocycles. The summed E-state index contributed by atoms with van der Waals surface area (Å²) in [6.07, 6.45) is 3.12. The van der Waals surface area contributed by atoms with E-state index >= 15 is 0 Å². The molecule has 0 radical (unpaired) electrons. The Bertz CT molecular complexity index is 367. The van der Waals surface area contributed by atoms with Crippen molar-refractivity contribution < 1.29 is 9.53 Å². The Morgan fingerprint density at radius 3 is 2.80 bits per heavy atom. The molecule has 2 N–H and O–H groups in total. The van der Waals surface area contributed by atoms with Crippen molar-refractivity contribution in [1.29, 1.82) is 0 Å².